The Kier molecular flexibility index (Phi) is 6.44. The van der Waals surface area contributed by atoms with E-state index >= 15 is 0 Å². The molecular weight excluding hydrogens is 264 g/mol. The van der Waals surface area contributed by atoms with Gasteiger partial charge in [0, 0.05) is 26.7 Å². The average molecular weight is 286 g/mol. The molecule has 1 aromatic carbocycles. The van der Waals surface area contributed by atoms with Crippen molar-refractivity contribution in [3.63, 3.8) is 0 Å². The summed E-state index contributed by atoms with van der Waals surface area (Å²) >= 11 is 0. The van der Waals surface area contributed by atoms with Gasteiger partial charge in [-0.1, -0.05) is 24.3 Å². The van der Waals surface area contributed by atoms with Crippen molar-refractivity contribution < 1.29 is 13.2 Å². The first-order valence-corrected chi connectivity index (χ1v) is 7.90. The van der Waals surface area contributed by atoms with Crippen LogP contribution in [0.25, 0.3) is 0 Å². The summed E-state index contributed by atoms with van der Waals surface area (Å²) in [6, 6.07) is 7.34. The van der Waals surface area contributed by atoms with Gasteiger partial charge in [0.05, 0.1) is 12.4 Å². The molecule has 0 aromatic heterocycles. The van der Waals surface area contributed by atoms with Crippen LogP contribution in [0.2, 0.25) is 0 Å². The van der Waals surface area contributed by atoms with Crippen LogP contribution in [-0.2, 0) is 27.1 Å². The van der Waals surface area contributed by atoms with E-state index in [0.717, 1.165) is 11.1 Å². The molecule has 2 N–H and O–H groups in total. The normalized spacial score (nSPS) is 12.0. The van der Waals surface area contributed by atoms with Gasteiger partial charge in [0.15, 0.2) is 0 Å². The molecule has 0 spiro atoms. The van der Waals surface area contributed by atoms with Crippen LogP contribution in [0.3, 0.4) is 0 Å². The highest BCUT2D eigenvalue weighted by Gasteiger charge is 2.19. The summed E-state index contributed by atoms with van der Waals surface area (Å²) in [6.45, 7) is 3.58. The van der Waals surface area contributed by atoms with Crippen LogP contribution in [0.1, 0.15) is 18.1 Å². The SMILES string of the molecule is CCOCCN(C)S(=O)(=O)Cc1ccccc1CN. The van der Waals surface area contributed by atoms with Crippen LogP contribution in [0.4, 0.5) is 0 Å². The van der Waals surface area contributed by atoms with Gasteiger partial charge in [0.1, 0.15) is 0 Å². The Morgan fingerprint density at radius 2 is 1.89 bits per heavy atom. The summed E-state index contributed by atoms with van der Waals surface area (Å²) in [6.07, 6.45) is 0. The highest BCUT2D eigenvalue weighted by molar-refractivity contribution is 7.88. The molecule has 1 rings (SSSR count). The molecule has 0 atom stereocenters. The lowest BCUT2D eigenvalue weighted by Crippen LogP contribution is -2.31. The number of sulfonamides is 1. The highest BCUT2D eigenvalue weighted by Crippen LogP contribution is 2.14. The zero-order valence-corrected chi connectivity index (χ0v) is 12.3. The van der Waals surface area contributed by atoms with Crippen LogP contribution in [0.15, 0.2) is 24.3 Å². The first-order chi connectivity index (χ1) is 9.01. The standard InChI is InChI=1S/C13H22N2O3S/c1-3-18-9-8-15(2)19(16,17)11-13-7-5-4-6-12(13)10-14/h4-7H,3,8-11,14H2,1-2H3. The molecule has 0 saturated heterocycles. The zero-order valence-electron chi connectivity index (χ0n) is 11.5. The van der Waals surface area contributed by atoms with Crippen LogP contribution < -0.4 is 5.73 Å². The van der Waals surface area contributed by atoms with E-state index in [1.54, 1.807) is 13.1 Å². The van der Waals surface area contributed by atoms with Crippen molar-refractivity contribution in [1.29, 1.82) is 0 Å². The van der Waals surface area contributed by atoms with E-state index in [1.807, 2.05) is 25.1 Å². The molecule has 1 aromatic rings. The number of likely N-dealkylation sites (N-methyl/N-ethyl adjacent to an activating group) is 1. The predicted octanol–water partition coefficient (Wildman–Crippen LogP) is 0.943. The Morgan fingerprint density at radius 3 is 2.47 bits per heavy atom. The van der Waals surface area contributed by atoms with Gasteiger partial charge in [-0.05, 0) is 18.1 Å². The third-order valence-electron chi connectivity index (χ3n) is 2.91. The monoisotopic (exact) mass is 286 g/mol. The van der Waals surface area contributed by atoms with Crippen molar-refractivity contribution in [2.45, 2.75) is 19.2 Å². The Balaban J connectivity index is 2.73. The molecule has 0 fully saturated rings. The van der Waals surface area contributed by atoms with Crippen LogP contribution in [-0.4, -0.2) is 39.5 Å². The summed E-state index contributed by atoms with van der Waals surface area (Å²) in [5.41, 5.74) is 7.24. The summed E-state index contributed by atoms with van der Waals surface area (Å²) < 4.78 is 30.9. The molecule has 0 saturated carbocycles. The minimum Gasteiger partial charge on any atom is -0.380 e. The van der Waals surface area contributed by atoms with E-state index in [-0.39, 0.29) is 5.75 Å². The lowest BCUT2D eigenvalue weighted by molar-refractivity contribution is 0.138. The summed E-state index contributed by atoms with van der Waals surface area (Å²) in [5.74, 6) is -0.0248. The maximum atomic E-state index is 12.2. The smallest absolute Gasteiger partial charge is 0.218 e. The lowest BCUT2D eigenvalue weighted by atomic mass is 10.1. The maximum Gasteiger partial charge on any atom is 0.218 e. The summed E-state index contributed by atoms with van der Waals surface area (Å²) in [5, 5.41) is 0. The van der Waals surface area contributed by atoms with Crippen molar-refractivity contribution in [3.05, 3.63) is 35.4 Å². The third kappa shape index (κ3) is 4.91. The Hall–Kier alpha value is -0.950. The van der Waals surface area contributed by atoms with E-state index in [0.29, 0.717) is 26.3 Å². The van der Waals surface area contributed by atoms with Crippen LogP contribution >= 0.6 is 0 Å². The quantitative estimate of drug-likeness (QED) is 0.722. The van der Waals surface area contributed by atoms with Gasteiger partial charge in [-0.3, -0.25) is 0 Å². The van der Waals surface area contributed by atoms with Crippen LogP contribution in [0, 0.1) is 0 Å². The van der Waals surface area contributed by atoms with Crippen molar-refractivity contribution in [3.8, 4) is 0 Å². The Labute approximate surface area is 115 Å². The number of nitrogens with two attached hydrogens (primary N) is 1. The molecular formula is C13H22N2O3S. The van der Waals surface area contributed by atoms with E-state index in [1.165, 1.54) is 4.31 Å². The number of nitrogens with zero attached hydrogens (tertiary/aromatic N) is 1. The van der Waals surface area contributed by atoms with Gasteiger partial charge in [-0.25, -0.2) is 12.7 Å². The average Bonchev–Trinajstić information content (AvgIpc) is 2.39. The van der Waals surface area contributed by atoms with E-state index in [9.17, 15) is 8.42 Å². The van der Waals surface area contributed by atoms with Crippen LogP contribution in [0.5, 0.6) is 0 Å². The largest absolute Gasteiger partial charge is 0.380 e. The summed E-state index contributed by atoms with van der Waals surface area (Å²) in [7, 11) is -1.76. The van der Waals surface area contributed by atoms with Crippen molar-refractivity contribution in [2.75, 3.05) is 26.8 Å². The fraction of sp³-hybridized carbons (Fsp3) is 0.538. The van der Waals surface area contributed by atoms with Gasteiger partial charge in [-0.15, -0.1) is 0 Å². The minimum atomic E-state index is -3.33. The topological polar surface area (TPSA) is 72.6 Å². The second kappa shape index (κ2) is 7.59. The molecule has 0 radical (unpaired) electrons. The van der Waals surface area contributed by atoms with Crippen molar-refractivity contribution in [2.24, 2.45) is 5.73 Å². The van der Waals surface area contributed by atoms with Crippen molar-refractivity contribution >= 4 is 10.0 Å². The Morgan fingerprint density at radius 1 is 1.26 bits per heavy atom. The van der Waals surface area contributed by atoms with E-state index in [2.05, 4.69) is 0 Å². The van der Waals surface area contributed by atoms with Gasteiger partial charge >= 0.3 is 0 Å². The second-order valence-electron chi connectivity index (χ2n) is 4.25. The first kappa shape index (κ1) is 16.1. The number of hydrogen-bond donors (Lipinski definition) is 1. The number of hydrogen-bond acceptors (Lipinski definition) is 4. The maximum absolute atomic E-state index is 12.2. The zero-order chi connectivity index (χ0) is 14.3. The highest BCUT2D eigenvalue weighted by atomic mass is 32.2. The molecule has 108 valence electrons. The van der Waals surface area contributed by atoms with Gasteiger partial charge in [0.25, 0.3) is 0 Å². The third-order valence-corrected chi connectivity index (χ3v) is 4.71. The van der Waals surface area contributed by atoms with Gasteiger partial charge in [-0.2, -0.15) is 0 Å². The Bertz CT molecular complexity index is 488. The second-order valence-corrected chi connectivity index (χ2v) is 6.32. The molecule has 0 aliphatic heterocycles. The predicted molar refractivity (Wildman–Crippen MR) is 76.1 cm³/mol. The molecule has 0 amide bonds. The number of ether oxygens (including phenoxy) is 1. The first-order valence-electron chi connectivity index (χ1n) is 6.30. The molecule has 0 unspecified atom stereocenters. The fourth-order valence-corrected chi connectivity index (χ4v) is 2.93. The van der Waals surface area contributed by atoms with Gasteiger partial charge in [0.2, 0.25) is 10.0 Å². The molecule has 0 bridgehead atoms. The molecule has 6 heteroatoms. The minimum absolute atomic E-state index is 0.0248. The number of rotatable bonds is 8. The fourth-order valence-electron chi connectivity index (χ4n) is 1.68. The van der Waals surface area contributed by atoms with Crippen molar-refractivity contribution in [1.82, 2.24) is 4.31 Å². The molecule has 0 aliphatic rings. The van der Waals surface area contributed by atoms with E-state index in [4.69, 9.17) is 10.5 Å². The number of benzene rings is 1. The molecule has 19 heavy (non-hydrogen) atoms. The summed E-state index contributed by atoms with van der Waals surface area (Å²) in [4.78, 5) is 0. The van der Waals surface area contributed by atoms with Gasteiger partial charge < -0.3 is 10.5 Å². The molecule has 0 heterocycles. The lowest BCUT2D eigenvalue weighted by Gasteiger charge is -2.18. The molecule has 5 nitrogen and oxygen atoms in total. The van der Waals surface area contributed by atoms with E-state index < -0.39 is 10.0 Å². The molecule has 0 aliphatic carbocycles.